The van der Waals surface area contributed by atoms with E-state index < -0.39 is 0 Å². The number of aromatic nitrogens is 1. The van der Waals surface area contributed by atoms with Crippen LogP contribution in [-0.2, 0) is 6.42 Å². The SMILES string of the molecule is CCc1onc(C)c1NC(=O)NC1CC2(CCCC2)Oc2ccccc21. The lowest BCUT2D eigenvalue weighted by atomic mass is 9.86. The van der Waals surface area contributed by atoms with E-state index in [0.29, 0.717) is 23.6 Å². The number of anilines is 1. The first-order valence-electron chi connectivity index (χ1n) is 9.41. The highest BCUT2D eigenvalue weighted by molar-refractivity contribution is 5.90. The fraction of sp³-hybridized carbons (Fsp3) is 0.500. The number of carbonyl (C=O) groups excluding carboxylic acids is 1. The molecule has 4 rings (SSSR count). The van der Waals surface area contributed by atoms with Gasteiger partial charge in [-0.3, -0.25) is 0 Å². The summed E-state index contributed by atoms with van der Waals surface area (Å²) in [4.78, 5) is 12.7. The minimum absolute atomic E-state index is 0.0664. The number of nitrogens with zero attached hydrogens (tertiary/aromatic N) is 1. The van der Waals surface area contributed by atoms with E-state index in [-0.39, 0.29) is 17.7 Å². The fourth-order valence-corrected chi connectivity index (χ4v) is 4.20. The molecule has 6 nitrogen and oxygen atoms in total. The zero-order valence-corrected chi connectivity index (χ0v) is 15.3. The van der Waals surface area contributed by atoms with Crippen molar-refractivity contribution in [2.24, 2.45) is 0 Å². The summed E-state index contributed by atoms with van der Waals surface area (Å²) in [6.07, 6.45) is 5.94. The topological polar surface area (TPSA) is 76.4 Å². The zero-order valence-electron chi connectivity index (χ0n) is 15.3. The first kappa shape index (κ1) is 16.9. The summed E-state index contributed by atoms with van der Waals surface area (Å²) in [6, 6.07) is 7.70. The van der Waals surface area contributed by atoms with Gasteiger partial charge in [0.15, 0.2) is 5.76 Å². The Labute approximate surface area is 153 Å². The van der Waals surface area contributed by atoms with Crippen LogP contribution in [0.5, 0.6) is 5.75 Å². The third-order valence-electron chi connectivity index (χ3n) is 5.51. The highest BCUT2D eigenvalue weighted by Crippen LogP contribution is 2.47. The van der Waals surface area contributed by atoms with E-state index in [4.69, 9.17) is 9.26 Å². The van der Waals surface area contributed by atoms with E-state index in [0.717, 1.165) is 30.6 Å². The normalized spacial score (nSPS) is 20.5. The van der Waals surface area contributed by atoms with Crippen LogP contribution in [0.25, 0.3) is 0 Å². The van der Waals surface area contributed by atoms with E-state index in [1.54, 1.807) is 0 Å². The van der Waals surface area contributed by atoms with Crippen LogP contribution in [0.15, 0.2) is 28.8 Å². The van der Waals surface area contributed by atoms with E-state index in [2.05, 4.69) is 15.8 Å². The van der Waals surface area contributed by atoms with Crippen LogP contribution in [-0.4, -0.2) is 16.8 Å². The molecule has 2 N–H and O–H groups in total. The molecular weight excluding hydrogens is 330 g/mol. The fourth-order valence-electron chi connectivity index (χ4n) is 4.20. The molecule has 6 heteroatoms. The molecule has 0 radical (unpaired) electrons. The largest absolute Gasteiger partial charge is 0.487 e. The number of rotatable bonds is 3. The second-order valence-electron chi connectivity index (χ2n) is 7.30. The van der Waals surface area contributed by atoms with Crippen molar-refractivity contribution >= 4 is 11.7 Å². The third kappa shape index (κ3) is 3.04. The van der Waals surface area contributed by atoms with Crippen molar-refractivity contribution in [3.63, 3.8) is 0 Å². The van der Waals surface area contributed by atoms with Gasteiger partial charge in [-0.25, -0.2) is 4.79 Å². The predicted molar refractivity (Wildman–Crippen MR) is 98.4 cm³/mol. The summed E-state index contributed by atoms with van der Waals surface area (Å²) >= 11 is 0. The average Bonchev–Trinajstić information content (AvgIpc) is 3.22. The molecule has 1 atom stereocenters. The molecule has 1 aromatic heterocycles. The molecule has 26 heavy (non-hydrogen) atoms. The lowest BCUT2D eigenvalue weighted by Gasteiger charge is -2.40. The van der Waals surface area contributed by atoms with Crippen LogP contribution in [0.2, 0.25) is 0 Å². The van der Waals surface area contributed by atoms with Crippen molar-refractivity contribution in [3.05, 3.63) is 41.3 Å². The Morgan fingerprint density at radius 2 is 2.08 bits per heavy atom. The Kier molecular flexibility index (Phi) is 4.34. The number of urea groups is 1. The predicted octanol–water partition coefficient (Wildman–Crippen LogP) is 4.50. The molecule has 1 fully saturated rings. The highest BCUT2D eigenvalue weighted by atomic mass is 16.5. The Morgan fingerprint density at radius 1 is 1.31 bits per heavy atom. The van der Waals surface area contributed by atoms with Gasteiger partial charge in [-0.2, -0.15) is 0 Å². The number of hydrogen-bond acceptors (Lipinski definition) is 4. The van der Waals surface area contributed by atoms with Crippen molar-refractivity contribution < 1.29 is 14.1 Å². The van der Waals surface area contributed by atoms with Gasteiger partial charge in [-0.05, 0) is 38.7 Å². The highest BCUT2D eigenvalue weighted by Gasteiger charge is 2.43. The lowest BCUT2D eigenvalue weighted by Crippen LogP contribution is -2.44. The summed E-state index contributed by atoms with van der Waals surface area (Å²) in [5, 5.41) is 10.0. The molecule has 2 amide bonds. The summed E-state index contributed by atoms with van der Waals surface area (Å²) in [5.41, 5.74) is 2.25. The summed E-state index contributed by atoms with van der Waals surface area (Å²) in [5.74, 6) is 1.58. The number of amides is 2. The summed E-state index contributed by atoms with van der Waals surface area (Å²) < 4.78 is 11.6. The Morgan fingerprint density at radius 3 is 2.85 bits per heavy atom. The smallest absolute Gasteiger partial charge is 0.319 e. The van der Waals surface area contributed by atoms with Crippen LogP contribution in [0.3, 0.4) is 0 Å². The van der Waals surface area contributed by atoms with Crippen molar-refractivity contribution in [1.82, 2.24) is 10.5 Å². The van der Waals surface area contributed by atoms with Crippen molar-refractivity contribution in [2.75, 3.05) is 5.32 Å². The van der Waals surface area contributed by atoms with Gasteiger partial charge in [0, 0.05) is 18.4 Å². The molecule has 1 unspecified atom stereocenters. The zero-order chi connectivity index (χ0) is 18.1. The van der Waals surface area contributed by atoms with E-state index in [1.165, 1.54) is 12.8 Å². The van der Waals surface area contributed by atoms with Crippen LogP contribution in [0.4, 0.5) is 10.5 Å². The van der Waals surface area contributed by atoms with Gasteiger partial charge in [0.25, 0.3) is 0 Å². The maximum Gasteiger partial charge on any atom is 0.319 e. The lowest BCUT2D eigenvalue weighted by molar-refractivity contribution is 0.0388. The van der Waals surface area contributed by atoms with Crippen molar-refractivity contribution in [2.45, 2.75) is 64.0 Å². The molecule has 1 aliphatic carbocycles. The Bertz CT molecular complexity index is 808. The van der Waals surface area contributed by atoms with Crippen LogP contribution in [0.1, 0.15) is 62.1 Å². The molecule has 2 aliphatic rings. The second-order valence-corrected chi connectivity index (χ2v) is 7.30. The number of nitrogens with one attached hydrogen (secondary N) is 2. The summed E-state index contributed by atoms with van der Waals surface area (Å²) in [6.45, 7) is 3.80. The van der Waals surface area contributed by atoms with Gasteiger partial charge in [-0.15, -0.1) is 0 Å². The van der Waals surface area contributed by atoms with E-state index in [9.17, 15) is 4.79 Å². The molecule has 0 bridgehead atoms. The molecular formula is C20H25N3O3. The molecule has 2 heterocycles. The number of para-hydroxylation sites is 1. The van der Waals surface area contributed by atoms with Gasteiger partial charge in [0.05, 0.1) is 6.04 Å². The summed E-state index contributed by atoms with van der Waals surface area (Å²) in [7, 11) is 0. The van der Waals surface area contributed by atoms with Gasteiger partial charge >= 0.3 is 6.03 Å². The molecule has 1 spiro atoms. The first-order chi connectivity index (χ1) is 12.6. The molecule has 2 aromatic rings. The van der Waals surface area contributed by atoms with Gasteiger partial charge in [-0.1, -0.05) is 30.3 Å². The van der Waals surface area contributed by atoms with Crippen LogP contribution >= 0.6 is 0 Å². The number of carbonyl (C=O) groups is 1. The minimum atomic E-state index is -0.235. The Balaban J connectivity index is 1.54. The average molecular weight is 355 g/mol. The molecule has 1 saturated carbocycles. The standard InChI is InChI=1S/C20H25N3O3/c1-3-16-18(13(2)23-26-16)22-19(24)21-15-12-20(10-6-7-11-20)25-17-9-5-4-8-14(15)17/h4-5,8-9,15H,3,6-7,10-12H2,1-2H3,(H2,21,22,24). The maximum absolute atomic E-state index is 12.7. The number of aryl methyl sites for hydroxylation is 2. The molecule has 1 aromatic carbocycles. The van der Waals surface area contributed by atoms with Crippen LogP contribution < -0.4 is 15.4 Å². The number of benzene rings is 1. The quantitative estimate of drug-likeness (QED) is 0.850. The van der Waals surface area contributed by atoms with E-state index in [1.807, 2.05) is 38.1 Å². The number of hydrogen-bond donors (Lipinski definition) is 2. The maximum atomic E-state index is 12.7. The van der Waals surface area contributed by atoms with Gasteiger partial charge < -0.3 is 19.9 Å². The van der Waals surface area contributed by atoms with Crippen LogP contribution in [0, 0.1) is 6.92 Å². The van der Waals surface area contributed by atoms with Gasteiger partial charge in [0.2, 0.25) is 0 Å². The van der Waals surface area contributed by atoms with E-state index >= 15 is 0 Å². The van der Waals surface area contributed by atoms with Gasteiger partial charge in [0.1, 0.15) is 22.7 Å². The monoisotopic (exact) mass is 355 g/mol. The number of fused-ring (bicyclic) bond motifs is 1. The second kappa shape index (κ2) is 6.67. The third-order valence-corrected chi connectivity index (χ3v) is 5.51. The molecule has 0 saturated heterocycles. The Hall–Kier alpha value is -2.50. The minimum Gasteiger partial charge on any atom is -0.487 e. The number of ether oxygens (including phenoxy) is 1. The molecule has 138 valence electrons. The first-order valence-corrected chi connectivity index (χ1v) is 9.41. The van der Waals surface area contributed by atoms with Crippen molar-refractivity contribution in [1.29, 1.82) is 0 Å². The molecule has 1 aliphatic heterocycles. The van der Waals surface area contributed by atoms with Crippen molar-refractivity contribution in [3.8, 4) is 5.75 Å².